The summed E-state index contributed by atoms with van der Waals surface area (Å²) in [4.78, 5) is 16.7. The van der Waals surface area contributed by atoms with E-state index in [-0.39, 0.29) is 12.5 Å². The van der Waals surface area contributed by atoms with Gasteiger partial charge in [-0.1, -0.05) is 0 Å². The van der Waals surface area contributed by atoms with E-state index in [0.29, 0.717) is 0 Å². The molecule has 0 aliphatic rings. The first-order chi connectivity index (χ1) is 3.56. The molecule has 0 saturated heterocycles. The van der Waals surface area contributed by atoms with Crippen molar-refractivity contribution in [2.45, 2.75) is 0 Å². The van der Waals surface area contributed by atoms with Crippen LogP contribution in [0.3, 0.4) is 0 Å². The van der Waals surface area contributed by atoms with Crippen molar-refractivity contribution in [3.8, 4) is 0 Å². The molecule has 0 aliphatic carbocycles. The van der Waals surface area contributed by atoms with Crippen LogP contribution in [0.5, 0.6) is 0 Å². The molecule has 2 N–H and O–H groups in total. The highest BCUT2D eigenvalue weighted by atomic mass is 35.5. The summed E-state index contributed by atoms with van der Waals surface area (Å²) in [6, 6.07) is 0. The van der Waals surface area contributed by atoms with E-state index in [9.17, 15) is 0 Å². The van der Waals surface area contributed by atoms with Crippen LogP contribution in [-0.4, -0.2) is 22.3 Å². The molecule has 0 spiro atoms. The van der Waals surface area contributed by atoms with Gasteiger partial charge < -0.3 is 14.3 Å². The highest BCUT2D eigenvalue weighted by Crippen LogP contribution is 2.35. The Morgan fingerprint density at radius 1 is 1.62 bits per heavy atom. The maximum Gasteiger partial charge on any atom is 0.321 e. The highest BCUT2D eigenvalue weighted by molar-refractivity contribution is 8.06. The molecular weight excluding hydrogens is 171 g/mol. The predicted octanol–water partition coefficient (Wildman–Crippen LogP) is 0.451. The van der Waals surface area contributed by atoms with Crippen LogP contribution >= 0.6 is 18.3 Å². The second kappa shape index (κ2) is 3.77. The Kier molecular flexibility index (Phi) is 4.16. The van der Waals surface area contributed by atoms with Gasteiger partial charge in [0.2, 0.25) is 0 Å². The molecule has 0 unspecified atom stereocenters. The van der Waals surface area contributed by atoms with Gasteiger partial charge in [-0.3, -0.25) is 0 Å². The van der Waals surface area contributed by atoms with E-state index in [1.807, 2.05) is 0 Å². The molecular formula is C2H6ClO3PS. The van der Waals surface area contributed by atoms with Gasteiger partial charge in [0.05, 0.1) is 6.61 Å². The minimum atomic E-state index is -3.43. The summed E-state index contributed by atoms with van der Waals surface area (Å²) in [5.41, 5.74) is 0. The van der Waals surface area contributed by atoms with Gasteiger partial charge in [0.15, 0.2) is 0 Å². The summed E-state index contributed by atoms with van der Waals surface area (Å²) in [6.45, 7) is -3.34. The molecule has 50 valence electrons. The number of halogens is 1. The first kappa shape index (κ1) is 8.82. The molecule has 0 bridgehead atoms. The fourth-order valence-electron chi connectivity index (χ4n) is 0.153. The standard InChI is InChI=1S/C2H6ClO3PS/c3-1-2-6-7(4,5)8/h1-2H2,(H2,4,5,8). The Labute approximate surface area is 57.5 Å². The van der Waals surface area contributed by atoms with Crippen molar-refractivity contribution in [3.63, 3.8) is 0 Å². The van der Waals surface area contributed by atoms with E-state index in [0.717, 1.165) is 0 Å². The van der Waals surface area contributed by atoms with Gasteiger partial charge in [-0.15, -0.1) is 11.6 Å². The van der Waals surface area contributed by atoms with Crippen LogP contribution in [0.4, 0.5) is 0 Å². The minimum absolute atomic E-state index is 0.0891. The van der Waals surface area contributed by atoms with Crippen molar-refractivity contribution < 1.29 is 14.3 Å². The third-order valence-electron chi connectivity index (χ3n) is 0.337. The van der Waals surface area contributed by atoms with Crippen molar-refractivity contribution in [2.24, 2.45) is 0 Å². The fraction of sp³-hybridized carbons (Fsp3) is 1.00. The van der Waals surface area contributed by atoms with Crippen molar-refractivity contribution in [1.82, 2.24) is 0 Å². The summed E-state index contributed by atoms with van der Waals surface area (Å²) < 4.78 is 4.28. The first-order valence-electron chi connectivity index (χ1n) is 1.82. The molecule has 0 heterocycles. The van der Waals surface area contributed by atoms with Gasteiger partial charge in [0.1, 0.15) is 0 Å². The van der Waals surface area contributed by atoms with Gasteiger partial charge in [0.25, 0.3) is 0 Å². The smallest absolute Gasteiger partial charge is 0.321 e. The van der Waals surface area contributed by atoms with E-state index < -0.39 is 6.72 Å². The SMILES string of the molecule is OP(O)(=S)OCCCl. The van der Waals surface area contributed by atoms with Crippen molar-refractivity contribution in [1.29, 1.82) is 0 Å². The van der Waals surface area contributed by atoms with E-state index in [4.69, 9.17) is 21.4 Å². The third kappa shape index (κ3) is 6.82. The van der Waals surface area contributed by atoms with Gasteiger partial charge in [-0.25, -0.2) is 0 Å². The second-order valence-corrected chi connectivity index (χ2v) is 4.06. The molecule has 0 aromatic heterocycles. The van der Waals surface area contributed by atoms with Gasteiger partial charge in [-0.2, -0.15) is 0 Å². The minimum Gasteiger partial charge on any atom is -0.325 e. The second-order valence-electron chi connectivity index (χ2n) is 1.01. The molecule has 0 aliphatic heterocycles. The first-order valence-corrected chi connectivity index (χ1v) is 4.98. The van der Waals surface area contributed by atoms with Gasteiger partial charge >= 0.3 is 6.72 Å². The zero-order valence-corrected chi connectivity index (χ0v) is 6.42. The molecule has 6 heteroatoms. The zero-order chi connectivity index (χ0) is 6.62. The number of hydrogen-bond donors (Lipinski definition) is 2. The maximum atomic E-state index is 8.35. The molecule has 0 aromatic carbocycles. The predicted molar refractivity (Wildman–Crippen MR) is 35.4 cm³/mol. The summed E-state index contributed by atoms with van der Waals surface area (Å²) in [5.74, 6) is 0.222. The molecule has 3 nitrogen and oxygen atoms in total. The lowest BCUT2D eigenvalue weighted by molar-refractivity contribution is 0.267. The molecule has 0 amide bonds. The number of hydrogen-bond acceptors (Lipinski definition) is 2. The van der Waals surface area contributed by atoms with Crippen molar-refractivity contribution in [2.75, 3.05) is 12.5 Å². The van der Waals surface area contributed by atoms with E-state index in [2.05, 4.69) is 16.3 Å². The Morgan fingerprint density at radius 3 is 2.25 bits per heavy atom. The van der Waals surface area contributed by atoms with Gasteiger partial charge in [0, 0.05) is 5.88 Å². The summed E-state index contributed by atoms with van der Waals surface area (Å²) >= 11 is 9.22. The van der Waals surface area contributed by atoms with Crippen LogP contribution in [0.25, 0.3) is 0 Å². The average molecular weight is 177 g/mol. The summed E-state index contributed by atoms with van der Waals surface area (Å²) in [7, 11) is 0. The lowest BCUT2D eigenvalue weighted by Crippen LogP contribution is -1.91. The van der Waals surface area contributed by atoms with E-state index >= 15 is 0 Å². The van der Waals surface area contributed by atoms with Crippen LogP contribution in [0.15, 0.2) is 0 Å². The Balaban J connectivity index is 3.26. The third-order valence-corrected chi connectivity index (χ3v) is 1.33. The van der Waals surface area contributed by atoms with Crippen LogP contribution < -0.4 is 0 Å². The monoisotopic (exact) mass is 176 g/mol. The highest BCUT2D eigenvalue weighted by Gasteiger charge is 2.04. The molecule has 0 saturated carbocycles. The topological polar surface area (TPSA) is 49.7 Å². The van der Waals surface area contributed by atoms with Gasteiger partial charge in [-0.05, 0) is 11.8 Å². The zero-order valence-electron chi connectivity index (χ0n) is 3.95. The fourth-order valence-corrected chi connectivity index (χ4v) is 0.891. The molecule has 0 aromatic rings. The van der Waals surface area contributed by atoms with Crippen molar-refractivity contribution >= 4 is 30.1 Å². The Hall–Kier alpha value is 0.820. The van der Waals surface area contributed by atoms with Crippen LogP contribution in [-0.2, 0) is 16.3 Å². The number of alkyl halides is 1. The van der Waals surface area contributed by atoms with Crippen LogP contribution in [0.2, 0.25) is 0 Å². The Bertz CT molecular complexity index is 101. The van der Waals surface area contributed by atoms with Crippen LogP contribution in [0.1, 0.15) is 0 Å². The van der Waals surface area contributed by atoms with Crippen molar-refractivity contribution in [3.05, 3.63) is 0 Å². The lowest BCUT2D eigenvalue weighted by Gasteiger charge is -2.04. The molecule has 0 rings (SSSR count). The largest absolute Gasteiger partial charge is 0.325 e. The number of rotatable bonds is 3. The molecule has 0 radical (unpaired) electrons. The van der Waals surface area contributed by atoms with E-state index in [1.54, 1.807) is 0 Å². The molecule has 0 fully saturated rings. The molecule has 8 heavy (non-hydrogen) atoms. The normalized spacial score (nSPS) is 11.9. The maximum absolute atomic E-state index is 8.35. The molecule has 0 atom stereocenters. The van der Waals surface area contributed by atoms with Crippen LogP contribution in [0, 0.1) is 0 Å². The summed E-state index contributed by atoms with van der Waals surface area (Å²) in [5, 5.41) is 0. The quantitative estimate of drug-likeness (QED) is 0.484. The summed E-state index contributed by atoms with van der Waals surface area (Å²) in [6.07, 6.45) is 0. The Morgan fingerprint density at radius 2 is 2.12 bits per heavy atom. The lowest BCUT2D eigenvalue weighted by atomic mass is 10.9. The van der Waals surface area contributed by atoms with E-state index in [1.165, 1.54) is 0 Å². The average Bonchev–Trinajstić information content (AvgIpc) is 1.59.